The molecule has 1 aromatic carbocycles. The normalized spacial score (nSPS) is 18.2. The highest BCUT2D eigenvalue weighted by molar-refractivity contribution is 7.86. The lowest BCUT2D eigenvalue weighted by Gasteiger charge is -2.32. The molecule has 1 unspecified atom stereocenters. The predicted octanol–water partition coefficient (Wildman–Crippen LogP) is 0.512. The van der Waals surface area contributed by atoms with Crippen LogP contribution in [-0.2, 0) is 15.0 Å². The van der Waals surface area contributed by atoms with Crippen LogP contribution in [0.2, 0.25) is 0 Å². The minimum Gasteiger partial charge on any atom is -0.495 e. The Kier molecular flexibility index (Phi) is 6.79. The van der Waals surface area contributed by atoms with Crippen molar-refractivity contribution in [2.75, 3.05) is 46.7 Å². The van der Waals surface area contributed by atoms with Gasteiger partial charge in [-0.05, 0) is 31.0 Å². The number of hydrogen-bond acceptors (Lipinski definition) is 5. The van der Waals surface area contributed by atoms with Crippen molar-refractivity contribution in [1.29, 1.82) is 0 Å². The highest BCUT2D eigenvalue weighted by Crippen LogP contribution is 2.28. The lowest BCUT2D eigenvalue weighted by atomic mass is 9.98. The number of hydrogen-bond donors (Lipinski definition) is 2. The van der Waals surface area contributed by atoms with Crippen molar-refractivity contribution in [3.63, 3.8) is 0 Å². The molecule has 0 saturated carbocycles. The van der Waals surface area contributed by atoms with E-state index in [0.29, 0.717) is 36.4 Å². The van der Waals surface area contributed by atoms with Gasteiger partial charge in [-0.3, -0.25) is 9.59 Å². The van der Waals surface area contributed by atoms with Crippen molar-refractivity contribution in [3.8, 4) is 5.75 Å². The average Bonchev–Trinajstić information content (AvgIpc) is 2.67. The topological polar surface area (TPSA) is 108 Å². The largest absolute Gasteiger partial charge is 0.495 e. The molecule has 10 heteroatoms. The summed E-state index contributed by atoms with van der Waals surface area (Å²) in [6, 6.07) is 4.73. The van der Waals surface area contributed by atoms with Crippen LogP contribution in [0.5, 0.6) is 5.75 Å². The summed E-state index contributed by atoms with van der Waals surface area (Å²) in [4.78, 5) is 24.6. The molecule has 2 amide bonds. The summed E-state index contributed by atoms with van der Waals surface area (Å²) in [5.74, 6) is -0.651. The first kappa shape index (κ1) is 21.1. The summed E-state index contributed by atoms with van der Waals surface area (Å²) in [6.07, 6.45) is 1.18. The van der Waals surface area contributed by atoms with Crippen molar-refractivity contribution < 1.29 is 22.7 Å². The summed E-state index contributed by atoms with van der Waals surface area (Å²) >= 11 is 0. The Morgan fingerprint density at radius 1 is 1.30 bits per heavy atom. The van der Waals surface area contributed by atoms with Crippen LogP contribution in [0.1, 0.15) is 23.2 Å². The molecule has 0 aromatic heterocycles. The fourth-order valence-electron chi connectivity index (χ4n) is 2.92. The van der Waals surface area contributed by atoms with Gasteiger partial charge in [0.25, 0.3) is 16.1 Å². The van der Waals surface area contributed by atoms with Crippen LogP contribution in [0.4, 0.5) is 5.69 Å². The molecule has 1 heterocycles. The monoisotopic (exact) mass is 398 g/mol. The van der Waals surface area contributed by atoms with E-state index in [2.05, 4.69) is 10.6 Å². The molecule has 2 N–H and O–H groups in total. The van der Waals surface area contributed by atoms with Crippen LogP contribution in [0.25, 0.3) is 0 Å². The quantitative estimate of drug-likeness (QED) is 0.726. The van der Waals surface area contributed by atoms with Crippen LogP contribution in [0.3, 0.4) is 0 Å². The second-order valence-corrected chi connectivity index (χ2v) is 8.61. The van der Waals surface area contributed by atoms with Gasteiger partial charge in [-0.1, -0.05) is 0 Å². The minimum atomic E-state index is -3.56. The fraction of sp³-hybridized carbons (Fsp3) is 0.529. The Bertz CT molecular complexity index is 810. The van der Waals surface area contributed by atoms with Crippen molar-refractivity contribution >= 4 is 27.7 Å². The van der Waals surface area contributed by atoms with Crippen molar-refractivity contribution in [2.45, 2.75) is 12.8 Å². The molecule has 9 nitrogen and oxygen atoms in total. The number of anilines is 1. The first-order valence-electron chi connectivity index (χ1n) is 8.59. The second kappa shape index (κ2) is 8.68. The lowest BCUT2D eigenvalue weighted by molar-refractivity contribution is -0.120. The Hall–Kier alpha value is -2.17. The van der Waals surface area contributed by atoms with Gasteiger partial charge in [0, 0.05) is 39.8 Å². The SMILES string of the molecule is CNC(=O)c1ccc(OC)c(NC(=O)C2CCCN(S(=O)(=O)N(C)C)C2)c1. The molecule has 0 bridgehead atoms. The van der Waals surface area contributed by atoms with E-state index in [-0.39, 0.29) is 18.4 Å². The zero-order valence-corrected chi connectivity index (χ0v) is 16.8. The summed E-state index contributed by atoms with van der Waals surface area (Å²) in [6.45, 7) is 0.504. The Balaban J connectivity index is 2.18. The number of methoxy groups -OCH3 is 1. The van der Waals surface area contributed by atoms with Gasteiger partial charge in [0.15, 0.2) is 0 Å². The van der Waals surface area contributed by atoms with E-state index in [1.54, 1.807) is 12.1 Å². The fourth-order valence-corrected chi connectivity index (χ4v) is 4.11. The maximum atomic E-state index is 12.7. The number of nitrogens with one attached hydrogen (secondary N) is 2. The van der Waals surface area contributed by atoms with Crippen LogP contribution in [-0.4, -0.2) is 70.2 Å². The second-order valence-electron chi connectivity index (χ2n) is 6.47. The molecule has 1 fully saturated rings. The number of benzene rings is 1. The first-order chi connectivity index (χ1) is 12.7. The summed E-state index contributed by atoms with van der Waals surface area (Å²) < 4.78 is 32.4. The molecule has 2 rings (SSSR count). The predicted molar refractivity (Wildman–Crippen MR) is 102 cm³/mol. The van der Waals surface area contributed by atoms with Gasteiger partial charge in [-0.15, -0.1) is 0 Å². The third kappa shape index (κ3) is 4.76. The molecule has 1 aliphatic heterocycles. The zero-order chi connectivity index (χ0) is 20.2. The van der Waals surface area contributed by atoms with Gasteiger partial charge in [0.1, 0.15) is 5.75 Å². The molecule has 27 heavy (non-hydrogen) atoms. The Morgan fingerprint density at radius 2 is 2.00 bits per heavy atom. The smallest absolute Gasteiger partial charge is 0.281 e. The van der Waals surface area contributed by atoms with E-state index in [0.717, 1.165) is 4.31 Å². The van der Waals surface area contributed by atoms with Crippen LogP contribution < -0.4 is 15.4 Å². The summed E-state index contributed by atoms with van der Waals surface area (Å²) in [5.41, 5.74) is 0.755. The molecule has 150 valence electrons. The maximum absolute atomic E-state index is 12.7. The number of amides is 2. The van der Waals surface area contributed by atoms with Gasteiger partial charge in [0.2, 0.25) is 5.91 Å². The van der Waals surface area contributed by atoms with Crippen LogP contribution in [0, 0.1) is 5.92 Å². The molecular formula is C17H26N4O5S. The van der Waals surface area contributed by atoms with Crippen LogP contribution in [0.15, 0.2) is 18.2 Å². The molecule has 1 saturated heterocycles. The third-order valence-electron chi connectivity index (χ3n) is 4.49. The molecule has 1 aliphatic rings. The van der Waals surface area contributed by atoms with Crippen molar-refractivity contribution in [2.24, 2.45) is 5.92 Å². The molecule has 0 radical (unpaired) electrons. The standard InChI is InChI=1S/C17H26N4O5S/c1-18-16(22)12-7-8-15(26-4)14(10-12)19-17(23)13-6-5-9-21(11-13)27(24,25)20(2)3/h7-8,10,13H,5-6,9,11H2,1-4H3,(H,18,22)(H,19,23). The van der Waals surface area contributed by atoms with E-state index in [1.807, 2.05) is 0 Å². The highest BCUT2D eigenvalue weighted by Gasteiger charge is 2.33. The lowest BCUT2D eigenvalue weighted by Crippen LogP contribution is -2.47. The van der Waals surface area contributed by atoms with Gasteiger partial charge in [0.05, 0.1) is 18.7 Å². The van der Waals surface area contributed by atoms with Gasteiger partial charge < -0.3 is 15.4 Å². The Morgan fingerprint density at radius 3 is 2.59 bits per heavy atom. The zero-order valence-electron chi connectivity index (χ0n) is 16.0. The van der Waals surface area contributed by atoms with E-state index in [9.17, 15) is 18.0 Å². The number of carbonyl (C=O) groups is 2. The third-order valence-corrected chi connectivity index (χ3v) is 6.40. The number of carbonyl (C=O) groups excluding carboxylic acids is 2. The van der Waals surface area contributed by atoms with Crippen molar-refractivity contribution in [1.82, 2.24) is 13.9 Å². The maximum Gasteiger partial charge on any atom is 0.281 e. The van der Waals surface area contributed by atoms with Crippen LogP contribution >= 0.6 is 0 Å². The van der Waals surface area contributed by atoms with E-state index in [1.165, 1.54) is 38.6 Å². The van der Waals surface area contributed by atoms with Crippen molar-refractivity contribution in [3.05, 3.63) is 23.8 Å². The molecule has 0 spiro atoms. The summed E-state index contributed by atoms with van der Waals surface area (Å²) in [7, 11) is 2.36. The molecular weight excluding hydrogens is 372 g/mol. The van der Waals surface area contributed by atoms with Gasteiger partial charge in [-0.2, -0.15) is 17.0 Å². The molecule has 1 atom stereocenters. The number of ether oxygens (including phenoxy) is 1. The summed E-state index contributed by atoms with van der Waals surface area (Å²) in [5, 5.41) is 5.30. The van der Waals surface area contributed by atoms with Gasteiger partial charge >= 0.3 is 0 Å². The first-order valence-corrected chi connectivity index (χ1v) is 9.99. The number of rotatable bonds is 6. The minimum absolute atomic E-state index is 0.115. The van der Waals surface area contributed by atoms with Gasteiger partial charge in [-0.25, -0.2) is 0 Å². The van der Waals surface area contributed by atoms with E-state index >= 15 is 0 Å². The molecule has 1 aromatic rings. The molecule has 0 aliphatic carbocycles. The average molecular weight is 398 g/mol. The number of piperidine rings is 1. The number of nitrogens with zero attached hydrogens (tertiary/aromatic N) is 2. The highest BCUT2D eigenvalue weighted by atomic mass is 32.2. The van der Waals surface area contributed by atoms with E-state index in [4.69, 9.17) is 4.74 Å². The Labute approximate surface area is 159 Å². The van der Waals surface area contributed by atoms with E-state index < -0.39 is 16.1 Å².